The maximum Gasteiger partial charge on any atom is 0.309 e. The average molecular weight is 372 g/mol. The molecule has 0 fully saturated rings. The molecule has 0 bridgehead atoms. The van der Waals surface area contributed by atoms with Crippen LogP contribution in [0.1, 0.15) is 25.1 Å². The lowest BCUT2D eigenvalue weighted by Gasteiger charge is -2.18. The second-order valence-corrected chi connectivity index (χ2v) is 7.99. The largest absolute Gasteiger partial charge is 0.481 e. The molecule has 2 rings (SSSR count). The highest BCUT2D eigenvalue weighted by Gasteiger charge is 2.26. The summed E-state index contributed by atoms with van der Waals surface area (Å²) in [5.74, 6) is -0.766. The van der Waals surface area contributed by atoms with Crippen molar-refractivity contribution in [1.82, 2.24) is 5.32 Å². The number of halogens is 2. The van der Waals surface area contributed by atoms with E-state index >= 15 is 0 Å². The van der Waals surface area contributed by atoms with Crippen molar-refractivity contribution in [3.63, 3.8) is 0 Å². The Morgan fingerprint density at radius 3 is 2.61 bits per heavy atom. The summed E-state index contributed by atoms with van der Waals surface area (Å²) in [5, 5.41) is 13.5. The minimum absolute atomic E-state index is 0.549. The van der Waals surface area contributed by atoms with Crippen LogP contribution in [-0.4, -0.2) is 17.6 Å². The van der Waals surface area contributed by atoms with Crippen molar-refractivity contribution in [2.75, 3.05) is 6.54 Å². The van der Waals surface area contributed by atoms with Gasteiger partial charge >= 0.3 is 5.97 Å². The molecule has 0 atom stereocenters. The maximum absolute atomic E-state index is 11.1. The van der Waals surface area contributed by atoms with E-state index in [0.717, 1.165) is 17.0 Å². The van der Waals surface area contributed by atoms with Crippen LogP contribution < -0.4 is 5.32 Å². The van der Waals surface area contributed by atoms with E-state index in [1.165, 1.54) is 4.88 Å². The van der Waals surface area contributed by atoms with Crippen LogP contribution in [0.2, 0.25) is 10.0 Å². The smallest absolute Gasteiger partial charge is 0.309 e. The number of carboxylic acids is 1. The summed E-state index contributed by atoms with van der Waals surface area (Å²) in [6.45, 7) is 4.87. The maximum atomic E-state index is 11.1. The SMILES string of the molecule is CC(C)(CCNCc1ccc(-c2ccc(Cl)c(Cl)c2)s1)C(=O)O. The van der Waals surface area contributed by atoms with Crippen LogP contribution in [0.4, 0.5) is 0 Å². The molecule has 0 aliphatic rings. The quantitative estimate of drug-likeness (QED) is 0.648. The summed E-state index contributed by atoms with van der Waals surface area (Å²) in [4.78, 5) is 13.4. The molecule has 0 amide bonds. The van der Waals surface area contributed by atoms with Gasteiger partial charge in [-0.1, -0.05) is 29.3 Å². The molecule has 0 unspecified atom stereocenters. The summed E-state index contributed by atoms with van der Waals surface area (Å²) in [6, 6.07) is 9.74. The van der Waals surface area contributed by atoms with E-state index in [1.54, 1.807) is 31.3 Å². The zero-order valence-corrected chi connectivity index (χ0v) is 15.4. The summed E-state index contributed by atoms with van der Waals surface area (Å²) >= 11 is 13.7. The van der Waals surface area contributed by atoms with Gasteiger partial charge in [0, 0.05) is 16.3 Å². The Bertz CT molecular complexity index is 698. The van der Waals surface area contributed by atoms with Crippen LogP contribution >= 0.6 is 34.5 Å². The molecule has 3 nitrogen and oxygen atoms in total. The Morgan fingerprint density at radius 2 is 1.96 bits per heavy atom. The van der Waals surface area contributed by atoms with E-state index in [2.05, 4.69) is 17.4 Å². The van der Waals surface area contributed by atoms with Gasteiger partial charge in [-0.25, -0.2) is 0 Å². The Kier molecular flexibility index (Phi) is 6.09. The molecule has 1 aromatic heterocycles. The van der Waals surface area contributed by atoms with Gasteiger partial charge < -0.3 is 10.4 Å². The van der Waals surface area contributed by atoms with Crippen molar-refractivity contribution in [2.45, 2.75) is 26.8 Å². The Labute approximate surface area is 150 Å². The molecule has 6 heteroatoms. The minimum Gasteiger partial charge on any atom is -0.481 e. The average Bonchev–Trinajstić information content (AvgIpc) is 2.95. The van der Waals surface area contributed by atoms with Crippen molar-refractivity contribution in [2.24, 2.45) is 5.41 Å². The fourth-order valence-electron chi connectivity index (χ4n) is 2.00. The second kappa shape index (κ2) is 7.67. The molecule has 0 saturated heterocycles. The van der Waals surface area contributed by atoms with Crippen molar-refractivity contribution in [3.8, 4) is 10.4 Å². The van der Waals surface area contributed by atoms with Crippen LogP contribution in [0.3, 0.4) is 0 Å². The minimum atomic E-state index is -0.766. The number of benzene rings is 1. The van der Waals surface area contributed by atoms with Crippen LogP contribution in [0.15, 0.2) is 30.3 Å². The second-order valence-electron chi connectivity index (χ2n) is 6.01. The highest BCUT2D eigenvalue weighted by atomic mass is 35.5. The first-order valence-electron chi connectivity index (χ1n) is 7.28. The summed E-state index contributed by atoms with van der Waals surface area (Å²) < 4.78 is 0. The zero-order chi connectivity index (χ0) is 17.0. The van der Waals surface area contributed by atoms with Crippen LogP contribution in [0.25, 0.3) is 10.4 Å². The third kappa shape index (κ3) is 4.95. The molecule has 124 valence electrons. The molecule has 0 aliphatic carbocycles. The van der Waals surface area contributed by atoms with E-state index in [1.807, 2.05) is 12.1 Å². The first-order valence-corrected chi connectivity index (χ1v) is 8.85. The monoisotopic (exact) mass is 371 g/mol. The summed E-state index contributed by atoms with van der Waals surface area (Å²) in [6.07, 6.45) is 0.591. The van der Waals surface area contributed by atoms with Gasteiger partial charge in [0.25, 0.3) is 0 Å². The first kappa shape index (κ1) is 18.3. The molecule has 0 aliphatic heterocycles. The highest BCUT2D eigenvalue weighted by molar-refractivity contribution is 7.15. The molecule has 1 heterocycles. The molecule has 0 radical (unpaired) electrons. The Morgan fingerprint density at radius 1 is 1.22 bits per heavy atom. The van der Waals surface area contributed by atoms with Crippen molar-refractivity contribution in [1.29, 1.82) is 0 Å². The number of aliphatic carboxylic acids is 1. The third-order valence-electron chi connectivity index (χ3n) is 3.67. The summed E-state index contributed by atoms with van der Waals surface area (Å²) in [7, 11) is 0. The van der Waals surface area contributed by atoms with Gasteiger partial charge in [-0.05, 0) is 56.6 Å². The lowest BCUT2D eigenvalue weighted by Crippen LogP contribution is -2.28. The van der Waals surface area contributed by atoms with Crippen LogP contribution in [-0.2, 0) is 11.3 Å². The van der Waals surface area contributed by atoms with E-state index in [0.29, 0.717) is 23.0 Å². The fourth-order valence-corrected chi connectivity index (χ4v) is 3.27. The Balaban J connectivity index is 1.90. The number of hydrogen-bond donors (Lipinski definition) is 2. The molecular weight excluding hydrogens is 353 g/mol. The lowest BCUT2D eigenvalue weighted by atomic mass is 9.90. The molecule has 0 saturated carbocycles. The van der Waals surface area contributed by atoms with Gasteiger partial charge in [-0.3, -0.25) is 4.79 Å². The van der Waals surface area contributed by atoms with Crippen molar-refractivity contribution >= 4 is 40.5 Å². The third-order valence-corrected chi connectivity index (χ3v) is 5.54. The molecule has 2 aromatic rings. The van der Waals surface area contributed by atoms with E-state index in [9.17, 15) is 4.79 Å². The van der Waals surface area contributed by atoms with Crippen molar-refractivity contribution in [3.05, 3.63) is 45.3 Å². The molecule has 1 aromatic carbocycles. The molecule has 2 N–H and O–H groups in total. The lowest BCUT2D eigenvalue weighted by molar-refractivity contribution is -0.147. The molecule has 0 spiro atoms. The molecular formula is C17H19Cl2NO2S. The van der Waals surface area contributed by atoms with Gasteiger partial charge in [0.05, 0.1) is 15.5 Å². The molecule has 23 heavy (non-hydrogen) atoms. The number of carbonyl (C=O) groups is 1. The first-order chi connectivity index (χ1) is 10.8. The van der Waals surface area contributed by atoms with Gasteiger partial charge in [-0.15, -0.1) is 11.3 Å². The summed E-state index contributed by atoms with van der Waals surface area (Å²) in [5.41, 5.74) is 0.343. The van der Waals surface area contributed by atoms with E-state index in [-0.39, 0.29) is 0 Å². The van der Waals surface area contributed by atoms with Gasteiger partial charge in [0.15, 0.2) is 0 Å². The number of hydrogen-bond acceptors (Lipinski definition) is 3. The topological polar surface area (TPSA) is 49.3 Å². The number of nitrogens with one attached hydrogen (secondary N) is 1. The van der Waals surface area contributed by atoms with E-state index in [4.69, 9.17) is 28.3 Å². The number of carboxylic acid groups (broad SMARTS) is 1. The van der Waals surface area contributed by atoms with Gasteiger partial charge in [-0.2, -0.15) is 0 Å². The van der Waals surface area contributed by atoms with Crippen LogP contribution in [0, 0.1) is 5.41 Å². The number of thiophene rings is 1. The van der Waals surface area contributed by atoms with Crippen molar-refractivity contribution < 1.29 is 9.90 Å². The van der Waals surface area contributed by atoms with Crippen LogP contribution in [0.5, 0.6) is 0 Å². The number of rotatable bonds is 7. The highest BCUT2D eigenvalue weighted by Crippen LogP contribution is 2.32. The van der Waals surface area contributed by atoms with Gasteiger partial charge in [0.2, 0.25) is 0 Å². The zero-order valence-electron chi connectivity index (χ0n) is 13.0. The standard InChI is InChI=1S/C17H19Cl2NO2S/c1-17(2,16(21)22)7-8-20-10-12-4-6-15(23-12)11-3-5-13(18)14(19)9-11/h3-6,9,20H,7-8,10H2,1-2H3,(H,21,22). The predicted molar refractivity (Wildman–Crippen MR) is 97.5 cm³/mol. The van der Waals surface area contributed by atoms with E-state index < -0.39 is 11.4 Å². The Hall–Kier alpha value is -1.07. The normalized spacial score (nSPS) is 11.7. The predicted octanol–water partition coefficient (Wildman–Crippen LogP) is 5.31. The fraction of sp³-hybridized carbons (Fsp3) is 0.353. The van der Waals surface area contributed by atoms with Gasteiger partial charge in [0.1, 0.15) is 0 Å².